The first-order valence-electron chi connectivity index (χ1n) is 7.28. The fourth-order valence-corrected chi connectivity index (χ4v) is 2.37. The monoisotopic (exact) mass is 335 g/mol. The number of nitrogens with one attached hydrogen (secondary N) is 2. The summed E-state index contributed by atoms with van der Waals surface area (Å²) < 4.78 is 0. The minimum Gasteiger partial charge on any atom is -0.339 e. The molecule has 0 aliphatic carbocycles. The van der Waals surface area contributed by atoms with Gasteiger partial charge < -0.3 is 10.6 Å². The third-order valence-corrected chi connectivity index (χ3v) is 3.57. The van der Waals surface area contributed by atoms with Crippen molar-refractivity contribution in [1.29, 1.82) is 5.26 Å². The molecule has 5 nitrogen and oxygen atoms in total. The van der Waals surface area contributed by atoms with E-state index in [1.165, 1.54) is 0 Å². The maximum atomic E-state index is 8.97. The standard InChI is InChI=1S/C18H14ClN5/c1-12-9-17(23-16-8-3-2-7-15(16)19)24-18(21-12)22-14-6-4-5-13(10-14)11-20/h2-10H,1H3,(H2,21,22,23,24). The molecule has 0 spiro atoms. The number of halogens is 1. The summed E-state index contributed by atoms with van der Waals surface area (Å²) in [5.74, 6) is 1.08. The molecule has 24 heavy (non-hydrogen) atoms. The predicted molar refractivity (Wildman–Crippen MR) is 95.9 cm³/mol. The zero-order chi connectivity index (χ0) is 16.9. The van der Waals surface area contributed by atoms with E-state index >= 15 is 0 Å². The van der Waals surface area contributed by atoms with Gasteiger partial charge in [-0.2, -0.15) is 10.2 Å². The first-order chi connectivity index (χ1) is 11.6. The summed E-state index contributed by atoms with van der Waals surface area (Å²) in [6, 6.07) is 18.5. The number of hydrogen-bond donors (Lipinski definition) is 2. The SMILES string of the molecule is Cc1cc(Nc2ccccc2Cl)nc(Nc2cccc(C#N)c2)n1. The number of rotatable bonds is 4. The second kappa shape index (κ2) is 6.99. The Bertz CT molecular complexity index is 917. The fourth-order valence-electron chi connectivity index (χ4n) is 2.18. The molecule has 1 aromatic heterocycles. The van der Waals surface area contributed by atoms with Crippen molar-refractivity contribution in [1.82, 2.24) is 9.97 Å². The lowest BCUT2D eigenvalue weighted by atomic mass is 10.2. The zero-order valence-corrected chi connectivity index (χ0v) is 13.7. The van der Waals surface area contributed by atoms with Gasteiger partial charge in [0, 0.05) is 17.4 Å². The molecule has 0 saturated carbocycles. The van der Waals surface area contributed by atoms with Gasteiger partial charge in [-0.3, -0.25) is 0 Å². The van der Waals surface area contributed by atoms with E-state index in [0.29, 0.717) is 22.4 Å². The Morgan fingerprint density at radius 1 is 1.00 bits per heavy atom. The van der Waals surface area contributed by atoms with E-state index in [-0.39, 0.29) is 0 Å². The van der Waals surface area contributed by atoms with Crippen LogP contribution in [-0.2, 0) is 0 Å². The van der Waals surface area contributed by atoms with Gasteiger partial charge in [0.2, 0.25) is 5.95 Å². The molecule has 0 fully saturated rings. The molecule has 0 unspecified atom stereocenters. The molecule has 0 atom stereocenters. The Morgan fingerprint density at radius 3 is 2.62 bits per heavy atom. The zero-order valence-electron chi connectivity index (χ0n) is 12.9. The number of benzene rings is 2. The van der Waals surface area contributed by atoms with Crippen LogP contribution in [0.3, 0.4) is 0 Å². The van der Waals surface area contributed by atoms with Crippen LogP contribution in [0.5, 0.6) is 0 Å². The average molecular weight is 336 g/mol. The van der Waals surface area contributed by atoms with Crippen molar-refractivity contribution in [3.63, 3.8) is 0 Å². The van der Waals surface area contributed by atoms with Crippen LogP contribution in [-0.4, -0.2) is 9.97 Å². The molecule has 0 aliphatic heterocycles. The van der Waals surface area contributed by atoms with Gasteiger partial charge >= 0.3 is 0 Å². The lowest BCUT2D eigenvalue weighted by Crippen LogP contribution is -2.02. The van der Waals surface area contributed by atoms with Crippen molar-refractivity contribution >= 4 is 34.7 Å². The molecule has 6 heteroatoms. The third kappa shape index (κ3) is 3.80. The van der Waals surface area contributed by atoms with Crippen LogP contribution in [0.2, 0.25) is 5.02 Å². The highest BCUT2D eigenvalue weighted by Gasteiger charge is 2.06. The summed E-state index contributed by atoms with van der Waals surface area (Å²) in [5.41, 5.74) is 2.90. The minimum absolute atomic E-state index is 0.444. The van der Waals surface area contributed by atoms with Crippen molar-refractivity contribution in [3.05, 3.63) is 70.9 Å². The lowest BCUT2D eigenvalue weighted by molar-refractivity contribution is 1.11. The number of hydrogen-bond acceptors (Lipinski definition) is 5. The number of para-hydroxylation sites is 1. The largest absolute Gasteiger partial charge is 0.339 e. The quantitative estimate of drug-likeness (QED) is 0.716. The van der Waals surface area contributed by atoms with Crippen molar-refractivity contribution in [2.24, 2.45) is 0 Å². The van der Waals surface area contributed by atoms with Crippen molar-refractivity contribution in [2.75, 3.05) is 10.6 Å². The molecule has 0 radical (unpaired) electrons. The summed E-state index contributed by atoms with van der Waals surface area (Å²) >= 11 is 6.16. The summed E-state index contributed by atoms with van der Waals surface area (Å²) in [6.45, 7) is 1.89. The average Bonchev–Trinajstić information content (AvgIpc) is 2.56. The molecule has 2 aromatic carbocycles. The van der Waals surface area contributed by atoms with E-state index in [1.807, 2.05) is 43.3 Å². The number of nitrogens with zero attached hydrogens (tertiary/aromatic N) is 3. The Balaban J connectivity index is 1.86. The molecule has 0 aliphatic rings. The van der Waals surface area contributed by atoms with Gasteiger partial charge in [0.1, 0.15) is 5.82 Å². The van der Waals surface area contributed by atoms with Crippen LogP contribution in [0.1, 0.15) is 11.3 Å². The lowest BCUT2D eigenvalue weighted by Gasteiger charge is -2.11. The van der Waals surface area contributed by atoms with E-state index in [1.54, 1.807) is 18.2 Å². The number of nitriles is 1. The van der Waals surface area contributed by atoms with Crippen LogP contribution in [0.4, 0.5) is 23.1 Å². The summed E-state index contributed by atoms with van der Waals surface area (Å²) in [4.78, 5) is 8.82. The minimum atomic E-state index is 0.444. The highest BCUT2D eigenvalue weighted by atomic mass is 35.5. The molecule has 3 aromatic rings. The third-order valence-electron chi connectivity index (χ3n) is 3.24. The molecule has 0 amide bonds. The van der Waals surface area contributed by atoms with Crippen LogP contribution < -0.4 is 10.6 Å². The van der Waals surface area contributed by atoms with Gasteiger partial charge in [0.15, 0.2) is 0 Å². The topological polar surface area (TPSA) is 73.6 Å². The van der Waals surface area contributed by atoms with E-state index in [4.69, 9.17) is 16.9 Å². The highest BCUT2D eigenvalue weighted by Crippen LogP contribution is 2.25. The molecular formula is C18H14ClN5. The van der Waals surface area contributed by atoms with Crippen molar-refractivity contribution in [2.45, 2.75) is 6.92 Å². The van der Waals surface area contributed by atoms with Crippen LogP contribution in [0.25, 0.3) is 0 Å². The van der Waals surface area contributed by atoms with Gasteiger partial charge in [0.25, 0.3) is 0 Å². The molecule has 0 saturated heterocycles. The molecule has 3 rings (SSSR count). The normalized spacial score (nSPS) is 10.0. The Kier molecular flexibility index (Phi) is 4.59. The highest BCUT2D eigenvalue weighted by molar-refractivity contribution is 6.33. The molecule has 1 heterocycles. The first-order valence-corrected chi connectivity index (χ1v) is 7.66. The molecule has 118 valence electrons. The smallest absolute Gasteiger partial charge is 0.229 e. The molecule has 0 bridgehead atoms. The number of anilines is 4. The van der Waals surface area contributed by atoms with E-state index in [9.17, 15) is 0 Å². The van der Waals surface area contributed by atoms with E-state index < -0.39 is 0 Å². The molecule has 2 N–H and O–H groups in total. The van der Waals surface area contributed by atoms with E-state index in [0.717, 1.165) is 17.1 Å². The van der Waals surface area contributed by atoms with Gasteiger partial charge in [-0.25, -0.2) is 4.98 Å². The predicted octanol–water partition coefficient (Wildman–Crippen LogP) is 4.80. The number of aryl methyl sites for hydroxylation is 1. The van der Waals surface area contributed by atoms with Gasteiger partial charge in [-0.05, 0) is 37.3 Å². The maximum Gasteiger partial charge on any atom is 0.229 e. The first kappa shape index (κ1) is 15.8. The molecular weight excluding hydrogens is 322 g/mol. The Hall–Kier alpha value is -3.10. The summed E-state index contributed by atoms with van der Waals surface area (Å²) in [5, 5.41) is 15.9. The maximum absolute atomic E-state index is 8.97. The van der Waals surface area contributed by atoms with Crippen LogP contribution in [0.15, 0.2) is 54.6 Å². The van der Waals surface area contributed by atoms with Gasteiger partial charge in [-0.15, -0.1) is 0 Å². The van der Waals surface area contributed by atoms with Gasteiger partial charge in [0.05, 0.1) is 22.3 Å². The summed E-state index contributed by atoms with van der Waals surface area (Å²) in [6.07, 6.45) is 0. The second-order valence-electron chi connectivity index (χ2n) is 5.14. The van der Waals surface area contributed by atoms with Gasteiger partial charge in [-0.1, -0.05) is 29.8 Å². The second-order valence-corrected chi connectivity index (χ2v) is 5.55. The van der Waals surface area contributed by atoms with E-state index in [2.05, 4.69) is 26.7 Å². The van der Waals surface area contributed by atoms with Crippen LogP contribution >= 0.6 is 11.6 Å². The van der Waals surface area contributed by atoms with Crippen molar-refractivity contribution in [3.8, 4) is 6.07 Å². The van der Waals surface area contributed by atoms with Crippen LogP contribution in [0, 0.1) is 18.3 Å². The van der Waals surface area contributed by atoms with Crippen molar-refractivity contribution < 1.29 is 0 Å². The summed E-state index contributed by atoms with van der Waals surface area (Å²) in [7, 11) is 0. The Morgan fingerprint density at radius 2 is 1.83 bits per heavy atom. The fraction of sp³-hybridized carbons (Fsp3) is 0.0556. The number of aromatic nitrogens is 2. The Labute approximate surface area is 145 Å².